The lowest BCUT2D eigenvalue weighted by atomic mass is 10.00. The fourth-order valence-electron chi connectivity index (χ4n) is 0.366. The van der Waals surface area contributed by atoms with Crippen LogP contribution >= 0.6 is 11.6 Å². The molecule has 0 saturated carbocycles. The van der Waals surface area contributed by atoms with E-state index in [0.29, 0.717) is 5.92 Å². The number of hydrogen-bond acceptors (Lipinski definition) is 2. The molecule has 3 heteroatoms. The average molecular weight is 150 g/mol. The van der Waals surface area contributed by atoms with Gasteiger partial charge in [-0.15, -0.1) is 0 Å². The topological polar surface area (TPSA) is 32.6 Å². The van der Waals surface area contributed by atoms with Gasteiger partial charge in [0.2, 0.25) is 0 Å². The molecule has 0 rings (SSSR count). The molecule has 1 atom stereocenters. The highest BCUT2D eigenvalue weighted by Gasteiger charge is 2.11. The van der Waals surface area contributed by atoms with Gasteiger partial charge in [-0.25, -0.2) is 0 Å². The molecule has 0 unspecified atom stereocenters. The summed E-state index contributed by atoms with van der Waals surface area (Å²) >= 11 is 5.51. The predicted molar refractivity (Wildman–Crippen MR) is 39.1 cm³/mol. The van der Waals surface area contributed by atoms with Crippen molar-refractivity contribution < 1.29 is 5.21 Å². The molecule has 54 valence electrons. The van der Waals surface area contributed by atoms with Crippen molar-refractivity contribution in [2.75, 3.05) is 0 Å². The Hall–Kier alpha value is -0.240. The molecule has 0 aromatic heterocycles. The molecule has 0 amide bonds. The van der Waals surface area contributed by atoms with Crippen LogP contribution in [0.3, 0.4) is 0 Å². The second-order valence-electron chi connectivity index (χ2n) is 2.46. The molecule has 0 aromatic rings. The normalized spacial score (nSPS) is 16.3. The van der Waals surface area contributed by atoms with Crippen molar-refractivity contribution in [3.05, 3.63) is 0 Å². The second kappa shape index (κ2) is 3.72. The molecule has 0 aliphatic heterocycles. The molecule has 1 N–H and O–H groups in total. The van der Waals surface area contributed by atoms with Crippen molar-refractivity contribution in [3.8, 4) is 0 Å². The van der Waals surface area contributed by atoms with Gasteiger partial charge < -0.3 is 5.21 Å². The predicted octanol–water partition coefficient (Wildman–Crippen LogP) is 2.31. The zero-order valence-electron chi connectivity index (χ0n) is 5.93. The van der Waals surface area contributed by atoms with Crippen molar-refractivity contribution in [1.82, 2.24) is 0 Å². The molecular weight excluding hydrogens is 138 g/mol. The summed E-state index contributed by atoms with van der Waals surface area (Å²) in [6.07, 6.45) is 0. The Morgan fingerprint density at radius 1 is 1.44 bits per heavy atom. The first-order valence-electron chi connectivity index (χ1n) is 2.97. The lowest BCUT2D eigenvalue weighted by Gasteiger charge is -2.10. The quantitative estimate of drug-likeness (QED) is 0.365. The summed E-state index contributed by atoms with van der Waals surface area (Å²) in [6.45, 7) is 5.98. The van der Waals surface area contributed by atoms with Gasteiger partial charge in [0.15, 0.2) is 0 Å². The van der Waals surface area contributed by atoms with Gasteiger partial charge in [-0.2, -0.15) is 0 Å². The summed E-state index contributed by atoms with van der Waals surface area (Å²) in [4.78, 5) is 0. The Morgan fingerprint density at radius 2 is 1.89 bits per heavy atom. The van der Waals surface area contributed by atoms with Gasteiger partial charge in [0, 0.05) is 5.92 Å². The van der Waals surface area contributed by atoms with Crippen LogP contribution in [0.1, 0.15) is 20.8 Å². The first-order valence-corrected chi connectivity index (χ1v) is 3.34. The summed E-state index contributed by atoms with van der Waals surface area (Å²) in [5, 5.41) is 11.4. The van der Waals surface area contributed by atoms with E-state index in [2.05, 4.69) is 5.16 Å². The highest BCUT2D eigenvalue weighted by Crippen LogP contribution is 2.13. The first kappa shape index (κ1) is 8.76. The van der Waals surface area contributed by atoms with E-state index in [1.807, 2.05) is 20.8 Å². The van der Waals surface area contributed by atoms with E-state index in [1.165, 1.54) is 0 Å². The van der Waals surface area contributed by atoms with E-state index in [4.69, 9.17) is 16.8 Å². The number of halogens is 1. The highest BCUT2D eigenvalue weighted by atomic mass is 35.5. The van der Waals surface area contributed by atoms with Gasteiger partial charge in [0.1, 0.15) is 5.17 Å². The Kier molecular flexibility index (Phi) is 3.62. The molecule has 0 heterocycles. The molecule has 0 spiro atoms. The molecule has 0 saturated heterocycles. The van der Waals surface area contributed by atoms with Crippen molar-refractivity contribution in [1.29, 1.82) is 0 Å². The van der Waals surface area contributed by atoms with Crippen molar-refractivity contribution in [2.24, 2.45) is 17.0 Å². The zero-order chi connectivity index (χ0) is 7.44. The van der Waals surface area contributed by atoms with E-state index in [1.54, 1.807) is 0 Å². The van der Waals surface area contributed by atoms with Crippen LogP contribution in [0.5, 0.6) is 0 Å². The van der Waals surface area contributed by atoms with Crippen LogP contribution in [-0.2, 0) is 0 Å². The number of rotatable bonds is 2. The largest absolute Gasteiger partial charge is 0.410 e. The van der Waals surface area contributed by atoms with Crippen LogP contribution < -0.4 is 0 Å². The summed E-state index contributed by atoms with van der Waals surface area (Å²) in [6, 6.07) is 0. The van der Waals surface area contributed by atoms with Crippen LogP contribution in [0.2, 0.25) is 0 Å². The maximum atomic E-state index is 8.21. The van der Waals surface area contributed by atoms with Crippen LogP contribution in [-0.4, -0.2) is 10.4 Å². The Balaban J connectivity index is 3.88. The number of hydrogen-bond donors (Lipinski definition) is 1. The fourth-order valence-corrected chi connectivity index (χ4v) is 0.618. The molecular formula is C6H12ClNO. The van der Waals surface area contributed by atoms with Gasteiger partial charge in [-0.1, -0.05) is 37.5 Å². The van der Waals surface area contributed by atoms with Gasteiger partial charge in [-0.3, -0.25) is 0 Å². The van der Waals surface area contributed by atoms with Crippen molar-refractivity contribution in [3.63, 3.8) is 0 Å². The van der Waals surface area contributed by atoms with Crippen LogP contribution in [0.15, 0.2) is 5.16 Å². The molecule has 0 aromatic carbocycles. The molecule has 0 bridgehead atoms. The third-order valence-corrected chi connectivity index (χ3v) is 1.89. The van der Waals surface area contributed by atoms with Crippen LogP contribution in [0.25, 0.3) is 0 Å². The molecule has 2 nitrogen and oxygen atoms in total. The number of oxime groups is 1. The Morgan fingerprint density at radius 3 is 2.00 bits per heavy atom. The number of nitrogens with zero attached hydrogens (tertiary/aromatic N) is 1. The van der Waals surface area contributed by atoms with Crippen LogP contribution in [0.4, 0.5) is 0 Å². The minimum absolute atomic E-state index is 0.150. The molecule has 9 heavy (non-hydrogen) atoms. The first-order chi connectivity index (χ1) is 4.09. The fraction of sp³-hybridized carbons (Fsp3) is 0.833. The van der Waals surface area contributed by atoms with Gasteiger partial charge in [-0.05, 0) is 5.92 Å². The zero-order valence-corrected chi connectivity index (χ0v) is 6.68. The van der Waals surface area contributed by atoms with Gasteiger partial charge in [0.05, 0.1) is 0 Å². The monoisotopic (exact) mass is 149 g/mol. The standard InChI is InChI=1S/C6H12ClNO/c1-4(2)5(3)6(7)8-9/h4-5,9H,1-3H3/b8-6-/t5-/m0/s1. The SMILES string of the molecule is CC(C)[C@H](C)/C(Cl)=N/O. The van der Waals surface area contributed by atoms with Crippen molar-refractivity contribution >= 4 is 16.8 Å². The van der Waals surface area contributed by atoms with Gasteiger partial charge in [0.25, 0.3) is 0 Å². The molecule has 0 aliphatic rings. The Bertz CT molecular complexity index is 112. The lowest BCUT2D eigenvalue weighted by Crippen LogP contribution is -2.11. The Labute approximate surface area is 60.5 Å². The molecule has 0 fully saturated rings. The van der Waals surface area contributed by atoms with E-state index < -0.39 is 0 Å². The minimum Gasteiger partial charge on any atom is -0.410 e. The van der Waals surface area contributed by atoms with E-state index in [0.717, 1.165) is 0 Å². The van der Waals surface area contributed by atoms with Crippen LogP contribution in [0, 0.1) is 11.8 Å². The minimum atomic E-state index is 0.150. The highest BCUT2D eigenvalue weighted by molar-refractivity contribution is 6.65. The third kappa shape index (κ3) is 2.70. The van der Waals surface area contributed by atoms with E-state index >= 15 is 0 Å². The van der Waals surface area contributed by atoms with E-state index in [9.17, 15) is 0 Å². The van der Waals surface area contributed by atoms with Crippen molar-refractivity contribution in [2.45, 2.75) is 20.8 Å². The third-order valence-electron chi connectivity index (χ3n) is 1.47. The summed E-state index contributed by atoms with van der Waals surface area (Å²) in [5.41, 5.74) is 0. The molecule has 0 radical (unpaired) electrons. The van der Waals surface area contributed by atoms with E-state index in [-0.39, 0.29) is 11.1 Å². The average Bonchev–Trinajstić information content (AvgIpc) is 1.84. The summed E-state index contributed by atoms with van der Waals surface area (Å²) in [7, 11) is 0. The molecule has 0 aliphatic carbocycles. The second-order valence-corrected chi connectivity index (χ2v) is 2.84. The summed E-state index contributed by atoms with van der Waals surface area (Å²) in [5.74, 6) is 0.574. The van der Waals surface area contributed by atoms with Gasteiger partial charge >= 0.3 is 0 Å². The lowest BCUT2D eigenvalue weighted by molar-refractivity contribution is 0.314. The maximum absolute atomic E-state index is 8.21. The smallest absolute Gasteiger partial charge is 0.148 e. The summed E-state index contributed by atoms with van der Waals surface area (Å²) < 4.78 is 0. The maximum Gasteiger partial charge on any atom is 0.148 e.